The Morgan fingerprint density at radius 1 is 1.22 bits per heavy atom. The molecule has 0 aliphatic carbocycles. The van der Waals surface area contributed by atoms with E-state index in [-0.39, 0.29) is 24.2 Å². The van der Waals surface area contributed by atoms with Gasteiger partial charge >= 0.3 is 12.1 Å². The number of piperazine rings is 1. The van der Waals surface area contributed by atoms with Gasteiger partial charge in [0.05, 0.1) is 12.1 Å². The van der Waals surface area contributed by atoms with Gasteiger partial charge in [-0.2, -0.15) is 0 Å². The van der Waals surface area contributed by atoms with Crippen LogP contribution in [-0.2, 0) is 4.74 Å². The molecule has 2 bridgehead atoms. The van der Waals surface area contributed by atoms with E-state index in [0.717, 1.165) is 6.42 Å². The Balaban J connectivity index is 1.95. The van der Waals surface area contributed by atoms with Crippen molar-refractivity contribution in [3.05, 3.63) is 0 Å². The zero-order valence-corrected chi connectivity index (χ0v) is 11.7. The minimum atomic E-state index is -0.485. The number of amides is 3. The summed E-state index contributed by atoms with van der Waals surface area (Å²) in [5.74, 6) is 0. The Hall–Kier alpha value is -1.11. The molecule has 0 aromatic heterocycles. The molecular weight excluding hydrogens is 254 g/mol. The summed E-state index contributed by atoms with van der Waals surface area (Å²) in [6, 6.07) is -0.0557. The second-order valence-electron chi connectivity index (χ2n) is 5.75. The van der Waals surface area contributed by atoms with Crippen molar-refractivity contribution in [2.45, 2.75) is 44.9 Å². The molecule has 0 radical (unpaired) electrons. The number of thiol groups is 1. The van der Waals surface area contributed by atoms with Gasteiger partial charge < -0.3 is 14.5 Å². The normalized spacial score (nSPS) is 26.4. The highest BCUT2D eigenvalue weighted by molar-refractivity contribution is 7.78. The molecule has 0 aromatic carbocycles. The number of likely N-dealkylation sites (tertiary alicyclic amines) is 2. The van der Waals surface area contributed by atoms with E-state index in [4.69, 9.17) is 4.74 Å². The molecule has 6 nitrogen and oxygen atoms in total. The first-order chi connectivity index (χ1) is 8.31. The van der Waals surface area contributed by atoms with Crippen molar-refractivity contribution in [1.29, 1.82) is 0 Å². The molecule has 2 aliphatic rings. The quantitative estimate of drug-likeness (QED) is 0.653. The highest BCUT2D eigenvalue weighted by atomic mass is 32.1. The van der Waals surface area contributed by atoms with Gasteiger partial charge in [0.2, 0.25) is 0 Å². The Labute approximate surface area is 112 Å². The molecule has 102 valence electrons. The molecule has 2 unspecified atom stereocenters. The van der Waals surface area contributed by atoms with Crippen molar-refractivity contribution in [2.75, 3.05) is 13.1 Å². The molecular formula is C11H19N3O3S. The van der Waals surface area contributed by atoms with Gasteiger partial charge in [0.25, 0.3) is 0 Å². The number of carbonyl (C=O) groups excluding carboxylic acids is 2. The van der Waals surface area contributed by atoms with Crippen LogP contribution in [-0.4, -0.2) is 52.7 Å². The monoisotopic (exact) mass is 273 g/mol. The number of nitrogens with one attached hydrogen (secondary N) is 1. The lowest BCUT2D eigenvalue weighted by Crippen LogP contribution is -2.52. The standard InChI is InChI=1S/C11H19N3O3S/c1-11(2,3)17-10(16)14-6-7-4-8(14)5-13(7)9(15)12-18/h7-8,18H,4-6H2,1-3H3,(H,12,15). The molecule has 2 fully saturated rings. The number of rotatable bonds is 0. The molecule has 2 heterocycles. The predicted molar refractivity (Wildman–Crippen MR) is 69.4 cm³/mol. The number of urea groups is 1. The maximum Gasteiger partial charge on any atom is 0.410 e. The fourth-order valence-electron chi connectivity index (χ4n) is 2.52. The SMILES string of the molecule is CC(C)(C)OC(=O)N1CC2CC1CN2C(=O)NS. The summed E-state index contributed by atoms with van der Waals surface area (Å²) in [4.78, 5) is 26.9. The van der Waals surface area contributed by atoms with Crippen LogP contribution in [0.1, 0.15) is 27.2 Å². The molecule has 0 spiro atoms. The van der Waals surface area contributed by atoms with Gasteiger partial charge in [-0.15, -0.1) is 0 Å². The van der Waals surface area contributed by atoms with Gasteiger partial charge in [0.15, 0.2) is 0 Å². The third-order valence-electron chi connectivity index (χ3n) is 3.23. The van der Waals surface area contributed by atoms with Crippen LogP contribution in [0.2, 0.25) is 0 Å². The second-order valence-corrected chi connectivity index (χ2v) is 5.97. The van der Waals surface area contributed by atoms with Crippen LogP contribution in [0.3, 0.4) is 0 Å². The molecule has 2 aliphatic heterocycles. The molecule has 1 N–H and O–H groups in total. The average Bonchev–Trinajstić information content (AvgIpc) is 2.84. The Morgan fingerprint density at radius 3 is 2.22 bits per heavy atom. The number of carbonyl (C=O) groups is 2. The smallest absolute Gasteiger partial charge is 0.410 e. The highest BCUT2D eigenvalue weighted by Gasteiger charge is 2.48. The lowest BCUT2D eigenvalue weighted by molar-refractivity contribution is 0.0154. The van der Waals surface area contributed by atoms with Gasteiger partial charge in [-0.1, -0.05) is 12.8 Å². The van der Waals surface area contributed by atoms with Gasteiger partial charge in [0, 0.05) is 13.1 Å². The van der Waals surface area contributed by atoms with Crippen LogP contribution in [0, 0.1) is 0 Å². The van der Waals surface area contributed by atoms with Crippen molar-refractivity contribution in [1.82, 2.24) is 14.5 Å². The van der Waals surface area contributed by atoms with Crippen LogP contribution in [0.4, 0.5) is 9.59 Å². The molecule has 2 atom stereocenters. The predicted octanol–water partition coefficient (Wildman–Crippen LogP) is 1.23. The first-order valence-corrected chi connectivity index (χ1v) is 6.47. The van der Waals surface area contributed by atoms with E-state index in [9.17, 15) is 9.59 Å². The molecule has 2 rings (SSSR count). The molecule has 0 aromatic rings. The first-order valence-electron chi connectivity index (χ1n) is 6.02. The summed E-state index contributed by atoms with van der Waals surface area (Å²) in [6.45, 7) is 6.64. The van der Waals surface area contributed by atoms with Gasteiger partial charge in [0.1, 0.15) is 5.60 Å². The topological polar surface area (TPSA) is 61.9 Å². The second kappa shape index (κ2) is 4.53. The number of ether oxygens (including phenoxy) is 1. The van der Waals surface area contributed by atoms with E-state index in [1.54, 1.807) is 9.80 Å². The van der Waals surface area contributed by atoms with Crippen molar-refractivity contribution < 1.29 is 14.3 Å². The van der Waals surface area contributed by atoms with Crippen LogP contribution in [0.5, 0.6) is 0 Å². The van der Waals surface area contributed by atoms with Crippen LogP contribution >= 0.6 is 12.8 Å². The van der Waals surface area contributed by atoms with E-state index in [1.807, 2.05) is 20.8 Å². The maximum absolute atomic E-state index is 12.0. The number of nitrogens with zero attached hydrogens (tertiary/aromatic N) is 2. The van der Waals surface area contributed by atoms with E-state index < -0.39 is 5.60 Å². The van der Waals surface area contributed by atoms with Gasteiger partial charge in [-0.3, -0.25) is 4.72 Å². The fraction of sp³-hybridized carbons (Fsp3) is 0.818. The van der Waals surface area contributed by atoms with Gasteiger partial charge in [-0.05, 0) is 27.2 Å². The van der Waals surface area contributed by atoms with E-state index in [0.29, 0.717) is 13.1 Å². The van der Waals surface area contributed by atoms with E-state index >= 15 is 0 Å². The Kier molecular flexibility index (Phi) is 3.35. The van der Waals surface area contributed by atoms with Crippen molar-refractivity contribution >= 4 is 24.9 Å². The molecule has 18 heavy (non-hydrogen) atoms. The highest BCUT2D eigenvalue weighted by Crippen LogP contribution is 2.31. The number of hydrogen-bond acceptors (Lipinski definition) is 4. The summed E-state index contributed by atoms with van der Waals surface area (Å²) >= 11 is 3.76. The third kappa shape index (κ3) is 2.50. The van der Waals surface area contributed by atoms with Crippen LogP contribution in [0.15, 0.2) is 0 Å². The molecule has 2 saturated heterocycles. The largest absolute Gasteiger partial charge is 0.444 e. The lowest BCUT2D eigenvalue weighted by atomic mass is 10.2. The third-order valence-corrected chi connectivity index (χ3v) is 3.42. The minimum Gasteiger partial charge on any atom is -0.444 e. The Bertz CT molecular complexity index is 369. The van der Waals surface area contributed by atoms with Gasteiger partial charge in [-0.25, -0.2) is 9.59 Å². The lowest BCUT2D eigenvalue weighted by Gasteiger charge is -2.34. The summed E-state index contributed by atoms with van der Waals surface area (Å²) in [5.41, 5.74) is -0.485. The minimum absolute atomic E-state index is 0.0653. The summed E-state index contributed by atoms with van der Waals surface area (Å²) < 4.78 is 7.67. The zero-order chi connectivity index (χ0) is 13.5. The zero-order valence-electron chi connectivity index (χ0n) is 10.8. The van der Waals surface area contributed by atoms with Crippen molar-refractivity contribution in [3.8, 4) is 0 Å². The fourth-order valence-corrected chi connectivity index (χ4v) is 2.65. The molecule has 3 amide bonds. The van der Waals surface area contributed by atoms with Crippen LogP contribution < -0.4 is 4.72 Å². The summed E-state index contributed by atoms with van der Waals surface area (Å²) in [7, 11) is 0. The van der Waals surface area contributed by atoms with Crippen molar-refractivity contribution in [3.63, 3.8) is 0 Å². The Morgan fingerprint density at radius 2 is 1.78 bits per heavy atom. The average molecular weight is 273 g/mol. The van der Waals surface area contributed by atoms with Crippen molar-refractivity contribution in [2.24, 2.45) is 0 Å². The summed E-state index contributed by atoms with van der Waals surface area (Å²) in [5, 5.41) is 0. The maximum atomic E-state index is 12.0. The van der Waals surface area contributed by atoms with E-state index in [1.165, 1.54) is 0 Å². The van der Waals surface area contributed by atoms with Crippen LogP contribution in [0.25, 0.3) is 0 Å². The molecule has 0 saturated carbocycles. The summed E-state index contributed by atoms with van der Waals surface area (Å²) in [6.07, 6.45) is 0.529. The first kappa shape index (κ1) is 13.3. The molecule has 7 heteroatoms. The number of hydrogen-bond donors (Lipinski definition) is 2. The number of fused-ring (bicyclic) bond motifs is 2. The van der Waals surface area contributed by atoms with E-state index in [2.05, 4.69) is 17.5 Å².